The summed E-state index contributed by atoms with van der Waals surface area (Å²) >= 11 is 1.50. The minimum atomic E-state index is -4.55. The summed E-state index contributed by atoms with van der Waals surface area (Å²) in [4.78, 5) is 13.0. The molecule has 1 aliphatic heterocycles. The number of rotatable bonds is 9. The maximum absolute atomic E-state index is 12.8. The number of carboxylic acid groups (broad SMARTS) is 1. The molecule has 0 spiro atoms. The van der Waals surface area contributed by atoms with Gasteiger partial charge >= 0.3 is 12.1 Å². The predicted octanol–water partition coefficient (Wildman–Crippen LogP) is 7.20. The van der Waals surface area contributed by atoms with Gasteiger partial charge in [-0.1, -0.05) is 41.8 Å². The molecule has 3 aromatic carbocycles. The highest BCUT2D eigenvalue weighted by Crippen LogP contribution is 2.33. The van der Waals surface area contributed by atoms with Crippen molar-refractivity contribution in [3.05, 3.63) is 117 Å². The smallest absolute Gasteiger partial charge is 0.416 e. The number of thioether (sulfide) groups is 1. The molecule has 1 heterocycles. The van der Waals surface area contributed by atoms with Crippen LogP contribution in [0, 0.1) is 0 Å². The average Bonchev–Trinajstić information content (AvgIpc) is 2.92. The summed E-state index contributed by atoms with van der Waals surface area (Å²) < 4.78 is 66.0. The summed E-state index contributed by atoms with van der Waals surface area (Å²) in [6.45, 7) is 4.70. The Morgan fingerprint density at radius 2 is 1.62 bits per heavy atom. The third-order valence-corrected chi connectivity index (χ3v) is 8.39. The molecular weight excluding hydrogens is 561 g/mol. The Bertz CT molecular complexity index is 1590. The van der Waals surface area contributed by atoms with Crippen molar-refractivity contribution in [3.8, 4) is 0 Å². The number of aromatic carboxylic acids is 1. The van der Waals surface area contributed by atoms with Gasteiger partial charge in [-0.3, -0.25) is 4.72 Å². The third kappa shape index (κ3) is 6.98. The highest BCUT2D eigenvalue weighted by atomic mass is 32.2. The molecule has 4 rings (SSSR count). The first kappa shape index (κ1) is 29.1. The van der Waals surface area contributed by atoms with Crippen LogP contribution in [0.2, 0.25) is 0 Å². The van der Waals surface area contributed by atoms with Gasteiger partial charge in [0.15, 0.2) is 0 Å². The molecule has 40 heavy (non-hydrogen) atoms. The molecule has 11 heteroatoms. The molecular formula is C29H25F3N2O4S2. The molecule has 0 saturated heterocycles. The quantitative estimate of drug-likeness (QED) is 0.258. The molecule has 6 nitrogen and oxygen atoms in total. The molecule has 0 amide bonds. The standard InChI is InChI=1S/C29H25F3N2O4S2/c1-19(2)34(17-20-3-5-22(6-4-20)28(35)36)27-16-9-23(18-39-27)21-7-12-25(13-8-21)33-40(37,38)26-14-10-24(11-15-26)29(30,31)32/h3-15,18-19,33H,17H2,1-2H3,(H,35,36). The number of nitrogens with zero attached hydrogens (tertiary/aromatic N) is 1. The summed E-state index contributed by atoms with van der Waals surface area (Å²) in [5.74, 6) is -0.969. The topological polar surface area (TPSA) is 86.7 Å². The van der Waals surface area contributed by atoms with E-state index in [-0.39, 0.29) is 22.2 Å². The second-order valence-electron chi connectivity index (χ2n) is 9.21. The molecule has 0 aromatic heterocycles. The number of anilines is 1. The maximum Gasteiger partial charge on any atom is 0.416 e. The van der Waals surface area contributed by atoms with Gasteiger partial charge in [-0.05, 0) is 90.6 Å². The van der Waals surface area contributed by atoms with E-state index in [0.717, 1.165) is 46.0 Å². The lowest BCUT2D eigenvalue weighted by molar-refractivity contribution is -0.137. The van der Waals surface area contributed by atoms with Crippen molar-refractivity contribution in [3.63, 3.8) is 0 Å². The Kier molecular flexibility index (Phi) is 8.48. The van der Waals surface area contributed by atoms with Crippen LogP contribution in [0.5, 0.6) is 0 Å². The normalized spacial score (nSPS) is 13.6. The number of alkyl halides is 3. The average molecular weight is 587 g/mol. The second-order valence-corrected chi connectivity index (χ2v) is 11.8. The predicted molar refractivity (Wildman–Crippen MR) is 150 cm³/mol. The van der Waals surface area contributed by atoms with Crippen LogP contribution in [0.25, 0.3) is 5.57 Å². The number of carboxylic acids is 1. The molecule has 0 saturated carbocycles. The van der Waals surface area contributed by atoms with Gasteiger partial charge < -0.3 is 10.0 Å². The van der Waals surface area contributed by atoms with Crippen molar-refractivity contribution >= 4 is 39.0 Å². The SMILES string of the molecule is CC(C)N(Cc1ccc(C(=O)O)cc1)C1=C=CC(c2ccc(NS(=O)(=O)c3ccc(C(F)(F)F)cc3)cc2)=CS1. The third-order valence-electron chi connectivity index (χ3n) is 6.05. The van der Waals surface area contributed by atoms with Crippen LogP contribution in [-0.2, 0) is 22.7 Å². The first-order valence-electron chi connectivity index (χ1n) is 12.1. The fourth-order valence-electron chi connectivity index (χ4n) is 3.83. The fourth-order valence-corrected chi connectivity index (χ4v) is 5.87. The van der Waals surface area contributed by atoms with Gasteiger partial charge in [-0.25, -0.2) is 13.2 Å². The monoisotopic (exact) mass is 586 g/mol. The van der Waals surface area contributed by atoms with Crippen molar-refractivity contribution in [2.75, 3.05) is 4.72 Å². The number of allylic oxidation sites excluding steroid dienone is 2. The molecule has 3 aromatic rings. The molecule has 0 radical (unpaired) electrons. The van der Waals surface area contributed by atoms with E-state index >= 15 is 0 Å². The largest absolute Gasteiger partial charge is 0.478 e. The van der Waals surface area contributed by atoms with Crippen LogP contribution < -0.4 is 4.72 Å². The van der Waals surface area contributed by atoms with E-state index in [1.54, 1.807) is 48.5 Å². The molecule has 0 fully saturated rings. The summed E-state index contributed by atoms with van der Waals surface area (Å²) in [7, 11) is -4.07. The van der Waals surface area contributed by atoms with E-state index in [1.165, 1.54) is 11.8 Å². The van der Waals surface area contributed by atoms with Crippen molar-refractivity contribution in [1.82, 2.24) is 4.90 Å². The lowest BCUT2D eigenvalue weighted by Crippen LogP contribution is -2.28. The summed E-state index contributed by atoms with van der Waals surface area (Å²) in [5, 5.41) is 12.0. The molecule has 208 valence electrons. The Labute approximate surface area is 234 Å². The Morgan fingerprint density at radius 1 is 1.00 bits per heavy atom. The maximum atomic E-state index is 12.8. The molecule has 2 N–H and O–H groups in total. The first-order valence-corrected chi connectivity index (χ1v) is 14.4. The van der Waals surface area contributed by atoms with E-state index in [4.69, 9.17) is 5.11 Å². The second kappa shape index (κ2) is 11.7. The number of nitrogens with one attached hydrogen (secondary N) is 1. The van der Waals surface area contributed by atoms with Gasteiger partial charge in [-0.15, -0.1) is 0 Å². The van der Waals surface area contributed by atoms with Gasteiger partial charge in [-0.2, -0.15) is 13.2 Å². The molecule has 0 aliphatic carbocycles. The zero-order valence-corrected chi connectivity index (χ0v) is 23.1. The number of hydrogen-bond donors (Lipinski definition) is 2. The van der Waals surface area contributed by atoms with Crippen LogP contribution in [0.3, 0.4) is 0 Å². The Hall–Kier alpha value is -3.92. The lowest BCUT2D eigenvalue weighted by Gasteiger charge is -2.30. The van der Waals surface area contributed by atoms with E-state index in [2.05, 4.69) is 29.2 Å². The summed E-state index contributed by atoms with van der Waals surface area (Å²) in [5.41, 5.74) is 5.57. The first-order chi connectivity index (χ1) is 18.8. The van der Waals surface area contributed by atoms with Crippen molar-refractivity contribution in [1.29, 1.82) is 0 Å². The van der Waals surface area contributed by atoms with Gasteiger partial charge in [0.05, 0.1) is 16.0 Å². The molecule has 1 aliphatic rings. The van der Waals surface area contributed by atoms with Crippen molar-refractivity contribution in [2.45, 2.75) is 37.5 Å². The lowest BCUT2D eigenvalue weighted by atomic mass is 10.1. The molecule has 0 bridgehead atoms. The number of benzene rings is 3. The number of carbonyl (C=O) groups is 1. The molecule has 0 unspecified atom stereocenters. The van der Waals surface area contributed by atoms with Gasteiger partial charge in [0.25, 0.3) is 10.0 Å². The zero-order chi connectivity index (χ0) is 29.1. The van der Waals surface area contributed by atoms with Crippen molar-refractivity contribution < 1.29 is 31.5 Å². The van der Waals surface area contributed by atoms with Crippen LogP contribution in [0.4, 0.5) is 18.9 Å². The summed E-state index contributed by atoms with van der Waals surface area (Å²) in [6, 6.07) is 16.9. The number of halogens is 3. The van der Waals surface area contributed by atoms with Crippen LogP contribution in [0.1, 0.15) is 40.9 Å². The number of sulfonamides is 1. The van der Waals surface area contributed by atoms with E-state index in [0.29, 0.717) is 6.54 Å². The minimum absolute atomic E-state index is 0.162. The highest BCUT2D eigenvalue weighted by Gasteiger charge is 2.30. The molecule has 0 atom stereocenters. The van der Waals surface area contributed by atoms with Crippen LogP contribution in [-0.4, -0.2) is 30.4 Å². The van der Waals surface area contributed by atoms with E-state index in [1.807, 2.05) is 11.5 Å². The number of hydrogen-bond acceptors (Lipinski definition) is 5. The zero-order valence-electron chi connectivity index (χ0n) is 21.4. The minimum Gasteiger partial charge on any atom is -0.478 e. The van der Waals surface area contributed by atoms with Crippen LogP contribution >= 0.6 is 11.8 Å². The summed E-state index contributed by atoms with van der Waals surface area (Å²) in [6.07, 6.45) is -2.71. The highest BCUT2D eigenvalue weighted by molar-refractivity contribution is 8.05. The van der Waals surface area contributed by atoms with Gasteiger partial charge in [0, 0.05) is 18.3 Å². The van der Waals surface area contributed by atoms with Gasteiger partial charge in [0.2, 0.25) is 0 Å². The Balaban J connectivity index is 1.45. The fraction of sp³-hybridized carbons (Fsp3) is 0.172. The van der Waals surface area contributed by atoms with Crippen molar-refractivity contribution in [2.24, 2.45) is 0 Å². The Morgan fingerprint density at radius 3 is 2.12 bits per heavy atom. The van der Waals surface area contributed by atoms with E-state index in [9.17, 15) is 26.4 Å². The van der Waals surface area contributed by atoms with Gasteiger partial charge in [0.1, 0.15) is 5.03 Å². The van der Waals surface area contributed by atoms with Crippen LogP contribution in [0.15, 0.2) is 99.9 Å². The van der Waals surface area contributed by atoms with E-state index < -0.39 is 27.7 Å².